The molecular formula is C11H17N5O. The molecule has 6 nitrogen and oxygen atoms in total. The van der Waals surface area contributed by atoms with E-state index in [-0.39, 0.29) is 11.9 Å². The molecule has 1 aliphatic rings. The molecule has 0 aliphatic carbocycles. The van der Waals surface area contributed by atoms with Crippen molar-refractivity contribution >= 4 is 11.7 Å². The standard InChI is InChI=1S/C11H17N5O/c1-2-8-5-10(15-7-14-8)16-3-4-17-9(6-16)11(12)13/h5,7,9H,2-4,6H2,1H3,(H3,12,13). The summed E-state index contributed by atoms with van der Waals surface area (Å²) in [5, 5.41) is 7.41. The van der Waals surface area contributed by atoms with Gasteiger partial charge < -0.3 is 15.4 Å². The maximum absolute atomic E-state index is 7.41. The van der Waals surface area contributed by atoms with Crippen molar-refractivity contribution in [2.75, 3.05) is 24.6 Å². The van der Waals surface area contributed by atoms with Crippen LogP contribution in [-0.4, -0.2) is 41.6 Å². The van der Waals surface area contributed by atoms with Crippen molar-refractivity contribution < 1.29 is 4.74 Å². The van der Waals surface area contributed by atoms with Crippen molar-refractivity contribution in [3.63, 3.8) is 0 Å². The highest BCUT2D eigenvalue weighted by molar-refractivity contribution is 5.82. The molecule has 0 radical (unpaired) electrons. The Bertz CT molecular complexity index is 409. The Hall–Kier alpha value is -1.69. The van der Waals surface area contributed by atoms with E-state index in [2.05, 4.69) is 21.8 Å². The van der Waals surface area contributed by atoms with Gasteiger partial charge in [-0.25, -0.2) is 9.97 Å². The molecule has 17 heavy (non-hydrogen) atoms. The van der Waals surface area contributed by atoms with E-state index in [1.165, 1.54) is 0 Å². The first kappa shape index (κ1) is 11.8. The molecule has 92 valence electrons. The molecule has 0 aromatic carbocycles. The summed E-state index contributed by atoms with van der Waals surface area (Å²) in [5.74, 6) is 0.950. The maximum Gasteiger partial charge on any atom is 0.132 e. The van der Waals surface area contributed by atoms with Crippen molar-refractivity contribution in [1.29, 1.82) is 5.41 Å². The molecule has 1 fully saturated rings. The minimum Gasteiger partial charge on any atom is -0.385 e. The highest BCUT2D eigenvalue weighted by atomic mass is 16.5. The van der Waals surface area contributed by atoms with Gasteiger partial charge in [0, 0.05) is 18.3 Å². The van der Waals surface area contributed by atoms with E-state index >= 15 is 0 Å². The van der Waals surface area contributed by atoms with Crippen molar-refractivity contribution in [3.05, 3.63) is 18.1 Å². The van der Waals surface area contributed by atoms with Crippen LogP contribution >= 0.6 is 0 Å². The molecule has 0 spiro atoms. The van der Waals surface area contributed by atoms with Gasteiger partial charge in [0.25, 0.3) is 0 Å². The average molecular weight is 235 g/mol. The Labute approximate surface area is 100 Å². The van der Waals surface area contributed by atoms with E-state index in [0.29, 0.717) is 13.2 Å². The topological polar surface area (TPSA) is 88.1 Å². The summed E-state index contributed by atoms with van der Waals surface area (Å²) in [5.41, 5.74) is 6.48. The lowest BCUT2D eigenvalue weighted by molar-refractivity contribution is 0.0823. The molecule has 1 atom stereocenters. The van der Waals surface area contributed by atoms with Crippen LogP contribution in [0.3, 0.4) is 0 Å². The minimum atomic E-state index is -0.330. The van der Waals surface area contributed by atoms with Crippen LogP contribution < -0.4 is 10.6 Å². The van der Waals surface area contributed by atoms with Gasteiger partial charge in [-0.3, -0.25) is 5.41 Å². The number of anilines is 1. The smallest absolute Gasteiger partial charge is 0.132 e. The summed E-state index contributed by atoms with van der Waals surface area (Å²) in [6.07, 6.45) is 2.13. The van der Waals surface area contributed by atoms with Crippen LogP contribution in [0.15, 0.2) is 12.4 Å². The monoisotopic (exact) mass is 235 g/mol. The highest BCUT2D eigenvalue weighted by Crippen LogP contribution is 2.15. The van der Waals surface area contributed by atoms with Gasteiger partial charge >= 0.3 is 0 Å². The molecule has 1 saturated heterocycles. The molecule has 2 heterocycles. The third-order valence-electron chi connectivity index (χ3n) is 2.81. The third kappa shape index (κ3) is 2.71. The third-order valence-corrected chi connectivity index (χ3v) is 2.81. The molecule has 0 amide bonds. The number of nitrogens with zero attached hydrogens (tertiary/aromatic N) is 3. The fourth-order valence-electron chi connectivity index (χ4n) is 1.80. The second kappa shape index (κ2) is 5.09. The molecule has 1 aliphatic heterocycles. The van der Waals surface area contributed by atoms with Crippen LogP contribution in [0.25, 0.3) is 0 Å². The van der Waals surface area contributed by atoms with E-state index in [0.717, 1.165) is 24.5 Å². The summed E-state index contributed by atoms with van der Waals surface area (Å²) in [6, 6.07) is 1.97. The number of amidine groups is 1. The van der Waals surface area contributed by atoms with Crippen LogP contribution in [-0.2, 0) is 11.2 Å². The zero-order valence-electron chi connectivity index (χ0n) is 9.89. The summed E-state index contributed by atoms with van der Waals surface area (Å²) in [7, 11) is 0. The number of ether oxygens (including phenoxy) is 1. The van der Waals surface area contributed by atoms with E-state index in [1.54, 1.807) is 6.33 Å². The number of rotatable bonds is 3. The van der Waals surface area contributed by atoms with Gasteiger partial charge in [-0.15, -0.1) is 0 Å². The number of morpholine rings is 1. The molecular weight excluding hydrogens is 218 g/mol. The molecule has 0 bridgehead atoms. The molecule has 6 heteroatoms. The van der Waals surface area contributed by atoms with Crippen LogP contribution in [0.4, 0.5) is 5.82 Å². The SMILES string of the molecule is CCc1cc(N2CCOC(C(=N)N)C2)ncn1. The number of nitrogens with two attached hydrogens (primary N) is 1. The van der Waals surface area contributed by atoms with Gasteiger partial charge in [0.1, 0.15) is 24.1 Å². The minimum absolute atomic E-state index is 0.0690. The molecule has 2 rings (SSSR count). The molecule has 1 aromatic heterocycles. The molecule has 3 N–H and O–H groups in total. The maximum atomic E-state index is 7.41. The number of aryl methyl sites for hydroxylation is 1. The van der Waals surface area contributed by atoms with E-state index in [4.69, 9.17) is 15.9 Å². The summed E-state index contributed by atoms with van der Waals surface area (Å²) < 4.78 is 5.41. The molecule has 0 saturated carbocycles. The Balaban J connectivity index is 2.13. The van der Waals surface area contributed by atoms with Gasteiger partial charge in [0.15, 0.2) is 0 Å². The fourth-order valence-corrected chi connectivity index (χ4v) is 1.80. The first-order valence-corrected chi connectivity index (χ1v) is 5.72. The van der Waals surface area contributed by atoms with Crippen LogP contribution in [0, 0.1) is 5.41 Å². The predicted octanol–water partition coefficient (Wildman–Crippen LogP) is 0.180. The van der Waals surface area contributed by atoms with Crippen LogP contribution in [0.5, 0.6) is 0 Å². The second-order valence-electron chi connectivity index (χ2n) is 3.98. The molecule has 1 aromatic rings. The Kier molecular flexibility index (Phi) is 3.53. The summed E-state index contributed by atoms with van der Waals surface area (Å²) in [4.78, 5) is 10.5. The Morgan fingerprint density at radius 1 is 1.65 bits per heavy atom. The van der Waals surface area contributed by atoms with Crippen LogP contribution in [0.1, 0.15) is 12.6 Å². The Morgan fingerprint density at radius 2 is 2.47 bits per heavy atom. The fraction of sp³-hybridized carbons (Fsp3) is 0.545. The first-order chi connectivity index (χ1) is 8.20. The highest BCUT2D eigenvalue weighted by Gasteiger charge is 2.23. The number of hydrogen-bond acceptors (Lipinski definition) is 5. The molecule has 1 unspecified atom stereocenters. The Morgan fingerprint density at radius 3 is 3.18 bits per heavy atom. The van der Waals surface area contributed by atoms with Gasteiger partial charge in [-0.05, 0) is 6.42 Å². The normalized spacial score (nSPS) is 20.3. The summed E-state index contributed by atoms with van der Waals surface area (Å²) in [6.45, 7) is 3.97. The average Bonchev–Trinajstić information content (AvgIpc) is 2.39. The summed E-state index contributed by atoms with van der Waals surface area (Å²) >= 11 is 0. The van der Waals surface area contributed by atoms with Crippen molar-refractivity contribution in [2.45, 2.75) is 19.4 Å². The zero-order valence-corrected chi connectivity index (χ0v) is 9.89. The number of nitrogens with one attached hydrogen (secondary N) is 1. The zero-order chi connectivity index (χ0) is 12.3. The van der Waals surface area contributed by atoms with Crippen LogP contribution in [0.2, 0.25) is 0 Å². The lowest BCUT2D eigenvalue weighted by Crippen LogP contribution is -2.48. The number of aromatic nitrogens is 2. The van der Waals surface area contributed by atoms with Gasteiger partial charge in [0.05, 0.1) is 13.2 Å². The van der Waals surface area contributed by atoms with Crippen molar-refractivity contribution in [3.8, 4) is 0 Å². The number of hydrogen-bond donors (Lipinski definition) is 2. The van der Waals surface area contributed by atoms with E-state index < -0.39 is 0 Å². The van der Waals surface area contributed by atoms with Gasteiger partial charge in [0.2, 0.25) is 0 Å². The first-order valence-electron chi connectivity index (χ1n) is 5.72. The largest absolute Gasteiger partial charge is 0.385 e. The lowest BCUT2D eigenvalue weighted by Gasteiger charge is -2.33. The van der Waals surface area contributed by atoms with Crippen molar-refractivity contribution in [2.24, 2.45) is 5.73 Å². The van der Waals surface area contributed by atoms with E-state index in [9.17, 15) is 0 Å². The van der Waals surface area contributed by atoms with Crippen molar-refractivity contribution in [1.82, 2.24) is 9.97 Å². The second-order valence-corrected chi connectivity index (χ2v) is 3.98. The van der Waals surface area contributed by atoms with E-state index in [1.807, 2.05) is 6.07 Å². The predicted molar refractivity (Wildman–Crippen MR) is 65.3 cm³/mol. The van der Waals surface area contributed by atoms with Gasteiger partial charge in [-0.2, -0.15) is 0 Å². The quantitative estimate of drug-likeness (QED) is 0.576. The lowest BCUT2D eigenvalue weighted by atomic mass is 10.2. The van der Waals surface area contributed by atoms with Gasteiger partial charge in [-0.1, -0.05) is 6.92 Å².